The van der Waals surface area contributed by atoms with Crippen molar-refractivity contribution in [3.05, 3.63) is 52.4 Å². The molecule has 1 amide bonds. The smallest absolute Gasteiger partial charge is 0.255 e. The van der Waals surface area contributed by atoms with Gasteiger partial charge < -0.3 is 20.4 Å². The van der Waals surface area contributed by atoms with E-state index < -0.39 is 0 Å². The lowest BCUT2D eigenvalue weighted by molar-refractivity contribution is 0.102. The molecule has 1 heterocycles. The van der Waals surface area contributed by atoms with Crippen LogP contribution in [-0.2, 0) is 7.05 Å². The number of hydrogen-bond donors (Lipinski definition) is 2. The van der Waals surface area contributed by atoms with Crippen LogP contribution in [0.2, 0.25) is 0 Å². The quantitative estimate of drug-likeness (QED) is 0.823. The number of pyridine rings is 1. The Labute approximate surface area is 115 Å². The maximum absolute atomic E-state index is 12.1. The van der Waals surface area contributed by atoms with Crippen molar-refractivity contribution in [1.82, 2.24) is 4.57 Å². The number of ether oxygens (including phenoxy) is 1. The summed E-state index contributed by atoms with van der Waals surface area (Å²) in [6, 6.07) is 7.71. The number of nitrogens with zero attached hydrogens (tertiary/aromatic N) is 1. The van der Waals surface area contributed by atoms with E-state index >= 15 is 0 Å². The van der Waals surface area contributed by atoms with Crippen LogP contribution in [0.4, 0.5) is 11.4 Å². The lowest BCUT2D eigenvalue weighted by atomic mass is 10.1. The van der Waals surface area contributed by atoms with Gasteiger partial charge in [0.25, 0.3) is 5.91 Å². The predicted octanol–water partition coefficient (Wildman–Crippen LogP) is 1.23. The normalized spacial score (nSPS) is 10.1. The van der Waals surface area contributed by atoms with Crippen molar-refractivity contribution in [3.63, 3.8) is 0 Å². The molecule has 0 saturated heterocycles. The van der Waals surface area contributed by atoms with Crippen molar-refractivity contribution in [1.29, 1.82) is 0 Å². The molecule has 0 fully saturated rings. The highest BCUT2D eigenvalue weighted by atomic mass is 16.5. The molecule has 0 aliphatic heterocycles. The zero-order chi connectivity index (χ0) is 14.7. The summed E-state index contributed by atoms with van der Waals surface area (Å²) in [5.41, 5.74) is 6.97. The van der Waals surface area contributed by atoms with Crippen LogP contribution < -0.4 is 21.3 Å². The number of nitrogens with one attached hydrogen (secondary N) is 1. The number of methoxy groups -OCH3 is 1. The maximum Gasteiger partial charge on any atom is 0.255 e. The average molecular weight is 273 g/mol. The second-order valence-corrected chi connectivity index (χ2v) is 4.28. The van der Waals surface area contributed by atoms with Gasteiger partial charge in [-0.1, -0.05) is 0 Å². The second-order valence-electron chi connectivity index (χ2n) is 4.28. The molecule has 0 radical (unpaired) electrons. The predicted molar refractivity (Wildman–Crippen MR) is 77.0 cm³/mol. The van der Waals surface area contributed by atoms with Crippen LogP contribution in [0.3, 0.4) is 0 Å². The van der Waals surface area contributed by atoms with Crippen molar-refractivity contribution >= 4 is 17.3 Å². The number of nitrogens with two attached hydrogens (primary N) is 1. The maximum atomic E-state index is 12.1. The van der Waals surface area contributed by atoms with E-state index in [2.05, 4.69) is 5.32 Å². The van der Waals surface area contributed by atoms with Crippen LogP contribution in [0.1, 0.15) is 10.4 Å². The third-order valence-corrected chi connectivity index (χ3v) is 2.84. The number of anilines is 2. The van der Waals surface area contributed by atoms with Gasteiger partial charge in [0.05, 0.1) is 18.5 Å². The molecular weight excluding hydrogens is 258 g/mol. The largest absolute Gasteiger partial charge is 0.495 e. The van der Waals surface area contributed by atoms with E-state index in [4.69, 9.17) is 10.5 Å². The fourth-order valence-electron chi connectivity index (χ4n) is 1.72. The molecule has 0 aliphatic carbocycles. The van der Waals surface area contributed by atoms with Gasteiger partial charge in [-0.05, 0) is 24.3 Å². The number of carbonyl (C=O) groups is 1. The third-order valence-electron chi connectivity index (χ3n) is 2.84. The zero-order valence-electron chi connectivity index (χ0n) is 11.2. The molecule has 1 aromatic heterocycles. The Bertz CT molecular complexity index is 707. The Morgan fingerprint density at radius 1 is 1.30 bits per heavy atom. The molecule has 20 heavy (non-hydrogen) atoms. The minimum Gasteiger partial charge on any atom is -0.495 e. The number of aromatic nitrogens is 1. The van der Waals surface area contributed by atoms with E-state index in [1.807, 2.05) is 0 Å². The van der Waals surface area contributed by atoms with Gasteiger partial charge in [-0.3, -0.25) is 9.59 Å². The summed E-state index contributed by atoms with van der Waals surface area (Å²) in [5, 5.41) is 2.70. The molecule has 2 aromatic rings. The van der Waals surface area contributed by atoms with Crippen molar-refractivity contribution in [2.24, 2.45) is 7.05 Å². The van der Waals surface area contributed by atoms with Crippen LogP contribution in [-0.4, -0.2) is 17.6 Å². The number of benzene rings is 1. The summed E-state index contributed by atoms with van der Waals surface area (Å²) in [6.45, 7) is 0. The molecule has 1 aromatic carbocycles. The zero-order valence-corrected chi connectivity index (χ0v) is 11.2. The first-order valence-electron chi connectivity index (χ1n) is 5.93. The highest BCUT2D eigenvalue weighted by Crippen LogP contribution is 2.22. The Balaban J connectivity index is 2.23. The fourth-order valence-corrected chi connectivity index (χ4v) is 1.72. The van der Waals surface area contributed by atoms with Crippen LogP contribution in [0.25, 0.3) is 0 Å². The van der Waals surface area contributed by atoms with Gasteiger partial charge in [-0.15, -0.1) is 0 Å². The minimum absolute atomic E-state index is 0.142. The summed E-state index contributed by atoms with van der Waals surface area (Å²) in [4.78, 5) is 23.4. The van der Waals surface area contributed by atoms with E-state index in [1.54, 1.807) is 37.5 Å². The summed E-state index contributed by atoms with van der Waals surface area (Å²) in [5.74, 6) is 0.139. The van der Waals surface area contributed by atoms with Crippen molar-refractivity contribution in [3.8, 4) is 5.75 Å². The van der Waals surface area contributed by atoms with Gasteiger partial charge in [0.2, 0.25) is 5.56 Å². The molecule has 0 unspecified atom stereocenters. The van der Waals surface area contributed by atoms with Crippen molar-refractivity contribution in [2.75, 3.05) is 18.2 Å². The Morgan fingerprint density at radius 2 is 2.05 bits per heavy atom. The monoisotopic (exact) mass is 273 g/mol. The highest BCUT2D eigenvalue weighted by Gasteiger charge is 2.09. The Hall–Kier alpha value is -2.76. The topological polar surface area (TPSA) is 86.3 Å². The summed E-state index contributed by atoms with van der Waals surface area (Å²) in [6.07, 6.45) is 1.55. The molecule has 0 spiro atoms. The molecule has 0 bridgehead atoms. The van der Waals surface area contributed by atoms with Gasteiger partial charge in [0.15, 0.2) is 0 Å². The van der Waals surface area contributed by atoms with Gasteiger partial charge in [-0.25, -0.2) is 0 Å². The van der Waals surface area contributed by atoms with Gasteiger partial charge in [0, 0.05) is 24.9 Å². The molecule has 6 nitrogen and oxygen atoms in total. The van der Waals surface area contributed by atoms with Crippen molar-refractivity contribution < 1.29 is 9.53 Å². The lowest BCUT2D eigenvalue weighted by Gasteiger charge is -2.09. The molecule has 6 heteroatoms. The van der Waals surface area contributed by atoms with Crippen LogP contribution in [0.5, 0.6) is 5.75 Å². The number of rotatable bonds is 3. The first kappa shape index (κ1) is 13.7. The molecule has 2 rings (SSSR count). The summed E-state index contributed by atoms with van der Waals surface area (Å²) >= 11 is 0. The van der Waals surface area contributed by atoms with Crippen LogP contribution >= 0.6 is 0 Å². The Kier molecular flexibility index (Phi) is 3.74. The van der Waals surface area contributed by atoms with Gasteiger partial charge >= 0.3 is 0 Å². The van der Waals surface area contributed by atoms with Gasteiger partial charge in [0.1, 0.15) is 5.75 Å². The first-order valence-corrected chi connectivity index (χ1v) is 5.93. The molecule has 3 N–H and O–H groups in total. The van der Waals surface area contributed by atoms with E-state index in [9.17, 15) is 9.59 Å². The minimum atomic E-state index is -0.304. The third kappa shape index (κ3) is 2.80. The number of aryl methyl sites for hydroxylation is 1. The molecular formula is C14H15N3O3. The van der Waals surface area contributed by atoms with Crippen LogP contribution in [0, 0.1) is 0 Å². The molecule has 104 valence electrons. The number of amides is 1. The van der Waals surface area contributed by atoms with Gasteiger partial charge in [-0.2, -0.15) is 0 Å². The van der Waals surface area contributed by atoms with E-state index in [-0.39, 0.29) is 11.5 Å². The number of carbonyl (C=O) groups excluding carboxylic acids is 1. The molecule has 0 atom stereocenters. The Morgan fingerprint density at radius 3 is 2.70 bits per heavy atom. The van der Waals surface area contributed by atoms with Crippen LogP contribution in [0.15, 0.2) is 41.3 Å². The fraction of sp³-hybridized carbons (Fsp3) is 0.143. The van der Waals surface area contributed by atoms with E-state index in [0.29, 0.717) is 22.7 Å². The second kappa shape index (κ2) is 5.48. The average Bonchev–Trinajstić information content (AvgIpc) is 2.43. The molecule has 0 saturated carbocycles. The van der Waals surface area contributed by atoms with E-state index in [1.165, 1.54) is 17.7 Å². The first-order chi connectivity index (χ1) is 9.51. The number of nitrogen functional groups attached to an aromatic ring is 1. The molecule has 0 aliphatic rings. The van der Waals surface area contributed by atoms with E-state index in [0.717, 1.165) is 0 Å². The number of hydrogen-bond acceptors (Lipinski definition) is 4. The lowest BCUT2D eigenvalue weighted by Crippen LogP contribution is -2.18. The highest BCUT2D eigenvalue weighted by molar-refractivity contribution is 6.04. The van der Waals surface area contributed by atoms with Crippen molar-refractivity contribution in [2.45, 2.75) is 0 Å². The summed E-state index contributed by atoms with van der Waals surface area (Å²) < 4.78 is 6.46. The SMILES string of the molecule is COc1cc(C(=O)Nc2ccc(=O)n(C)c2)ccc1N. The standard InChI is InChI=1S/C14H15N3O3/c1-17-8-10(4-6-13(17)18)16-14(19)9-3-5-11(15)12(7-9)20-2/h3-8H,15H2,1-2H3,(H,16,19). The summed E-state index contributed by atoms with van der Waals surface area (Å²) in [7, 11) is 3.10.